The molecule has 0 bridgehead atoms. The zero-order chi connectivity index (χ0) is 10.7. The van der Waals surface area contributed by atoms with Gasteiger partial charge in [-0.2, -0.15) is 0 Å². The van der Waals surface area contributed by atoms with E-state index in [4.69, 9.17) is 0 Å². The zero-order valence-corrected chi connectivity index (χ0v) is 10.9. The maximum Gasteiger partial charge on any atom is 0.224 e. The highest BCUT2D eigenvalue weighted by atomic mass is 35.5. The molecule has 94 valence electrons. The Morgan fingerprint density at radius 3 is 2.69 bits per heavy atom. The van der Waals surface area contributed by atoms with Crippen LogP contribution in [0.3, 0.4) is 0 Å². The lowest BCUT2D eigenvalue weighted by Crippen LogP contribution is -2.43. The number of carbonyl (C=O) groups is 1. The minimum absolute atomic E-state index is 0. The second-order valence-electron chi connectivity index (χ2n) is 5.11. The molecule has 2 aliphatic rings. The summed E-state index contributed by atoms with van der Waals surface area (Å²) in [7, 11) is 0. The molecule has 1 atom stereocenters. The maximum atomic E-state index is 11.8. The van der Waals surface area contributed by atoms with Crippen molar-refractivity contribution < 1.29 is 4.79 Å². The van der Waals surface area contributed by atoms with E-state index in [1.54, 1.807) is 0 Å². The molecule has 2 rings (SSSR count). The minimum atomic E-state index is 0. The fourth-order valence-electron chi connectivity index (χ4n) is 2.63. The van der Waals surface area contributed by atoms with Crippen molar-refractivity contribution in [1.82, 2.24) is 10.6 Å². The van der Waals surface area contributed by atoms with E-state index in [0.717, 1.165) is 26.1 Å². The van der Waals surface area contributed by atoms with Crippen LogP contribution in [0.5, 0.6) is 0 Å². The van der Waals surface area contributed by atoms with Crippen molar-refractivity contribution in [1.29, 1.82) is 0 Å². The maximum absolute atomic E-state index is 11.8. The molecule has 1 saturated heterocycles. The molecule has 0 spiro atoms. The predicted octanol–water partition coefficient (Wildman–Crippen LogP) is 1.71. The Morgan fingerprint density at radius 1 is 1.50 bits per heavy atom. The summed E-state index contributed by atoms with van der Waals surface area (Å²) in [5.74, 6) is 0.485. The number of halogens is 1. The van der Waals surface area contributed by atoms with Crippen molar-refractivity contribution in [3.8, 4) is 0 Å². The highest BCUT2D eigenvalue weighted by molar-refractivity contribution is 5.85. The molecular formula is C12H23ClN2O. The second-order valence-corrected chi connectivity index (χ2v) is 5.11. The first-order valence-corrected chi connectivity index (χ1v) is 6.24. The summed E-state index contributed by atoms with van der Waals surface area (Å²) < 4.78 is 0. The van der Waals surface area contributed by atoms with Crippen LogP contribution >= 0.6 is 12.4 Å². The number of nitrogens with one attached hydrogen (secondary N) is 2. The molecule has 1 aliphatic heterocycles. The summed E-state index contributed by atoms with van der Waals surface area (Å²) >= 11 is 0. The molecular weight excluding hydrogens is 224 g/mol. The van der Waals surface area contributed by atoms with Crippen molar-refractivity contribution in [2.24, 2.45) is 11.3 Å². The topological polar surface area (TPSA) is 41.1 Å². The first-order chi connectivity index (χ1) is 7.26. The van der Waals surface area contributed by atoms with Gasteiger partial charge in [0.1, 0.15) is 0 Å². The quantitative estimate of drug-likeness (QED) is 0.793. The van der Waals surface area contributed by atoms with Gasteiger partial charge in [0.25, 0.3) is 0 Å². The van der Waals surface area contributed by atoms with Gasteiger partial charge in [0.2, 0.25) is 5.91 Å². The Labute approximate surface area is 104 Å². The average Bonchev–Trinajstić information content (AvgIpc) is 2.69. The lowest BCUT2D eigenvalue weighted by Gasteiger charge is -2.41. The van der Waals surface area contributed by atoms with Gasteiger partial charge in [0, 0.05) is 13.1 Å². The van der Waals surface area contributed by atoms with Gasteiger partial charge in [-0.05, 0) is 37.6 Å². The first kappa shape index (κ1) is 13.8. The number of amides is 1. The average molecular weight is 247 g/mol. The van der Waals surface area contributed by atoms with E-state index in [-0.39, 0.29) is 24.2 Å². The molecule has 16 heavy (non-hydrogen) atoms. The van der Waals surface area contributed by atoms with Crippen molar-refractivity contribution in [3.63, 3.8) is 0 Å². The van der Waals surface area contributed by atoms with E-state index in [1.807, 2.05) is 0 Å². The molecule has 1 aliphatic carbocycles. The SMILES string of the molecule is CCC1(CNC(=O)C2CCNC2)CCC1.Cl. The van der Waals surface area contributed by atoms with Crippen LogP contribution in [0.25, 0.3) is 0 Å². The third kappa shape index (κ3) is 2.89. The van der Waals surface area contributed by atoms with E-state index in [9.17, 15) is 4.79 Å². The molecule has 2 fully saturated rings. The smallest absolute Gasteiger partial charge is 0.224 e. The van der Waals surface area contributed by atoms with E-state index in [1.165, 1.54) is 25.7 Å². The monoisotopic (exact) mass is 246 g/mol. The third-order valence-corrected chi connectivity index (χ3v) is 4.23. The Balaban J connectivity index is 0.00000128. The van der Waals surface area contributed by atoms with Crippen LogP contribution in [0.1, 0.15) is 39.0 Å². The molecule has 3 nitrogen and oxygen atoms in total. The second kappa shape index (κ2) is 5.87. The summed E-state index contributed by atoms with van der Waals surface area (Å²) in [5, 5.41) is 6.37. The molecule has 4 heteroatoms. The van der Waals surface area contributed by atoms with Gasteiger partial charge in [-0.25, -0.2) is 0 Å². The van der Waals surface area contributed by atoms with Gasteiger partial charge in [0.05, 0.1) is 5.92 Å². The van der Waals surface area contributed by atoms with Crippen LogP contribution in [0.4, 0.5) is 0 Å². The van der Waals surface area contributed by atoms with Gasteiger partial charge in [-0.3, -0.25) is 4.79 Å². The highest BCUT2D eigenvalue weighted by Crippen LogP contribution is 2.43. The lowest BCUT2D eigenvalue weighted by atomic mass is 9.67. The van der Waals surface area contributed by atoms with Crippen LogP contribution in [0, 0.1) is 11.3 Å². The Kier molecular flexibility index (Phi) is 5.06. The van der Waals surface area contributed by atoms with Crippen LogP contribution < -0.4 is 10.6 Å². The summed E-state index contributed by atoms with van der Waals surface area (Å²) in [6.45, 7) is 5.00. The fourth-order valence-corrected chi connectivity index (χ4v) is 2.63. The molecule has 1 heterocycles. The normalized spacial score (nSPS) is 26.7. The Morgan fingerprint density at radius 2 is 2.25 bits per heavy atom. The summed E-state index contributed by atoms with van der Waals surface area (Å²) in [4.78, 5) is 11.8. The van der Waals surface area contributed by atoms with Gasteiger partial charge < -0.3 is 10.6 Å². The van der Waals surface area contributed by atoms with Crippen molar-refractivity contribution in [2.75, 3.05) is 19.6 Å². The van der Waals surface area contributed by atoms with E-state index in [0.29, 0.717) is 5.41 Å². The van der Waals surface area contributed by atoms with Crippen LogP contribution in [0.15, 0.2) is 0 Å². The first-order valence-electron chi connectivity index (χ1n) is 6.24. The number of hydrogen-bond acceptors (Lipinski definition) is 2. The highest BCUT2D eigenvalue weighted by Gasteiger charge is 2.35. The Bertz CT molecular complexity index is 230. The molecule has 0 radical (unpaired) electrons. The molecule has 1 saturated carbocycles. The van der Waals surface area contributed by atoms with Crippen molar-refractivity contribution in [2.45, 2.75) is 39.0 Å². The fraction of sp³-hybridized carbons (Fsp3) is 0.917. The number of rotatable bonds is 4. The summed E-state index contributed by atoms with van der Waals surface area (Å²) in [5.41, 5.74) is 0.446. The Hall–Kier alpha value is -0.280. The predicted molar refractivity (Wildman–Crippen MR) is 67.8 cm³/mol. The molecule has 0 aromatic carbocycles. The molecule has 1 unspecified atom stereocenters. The van der Waals surface area contributed by atoms with E-state index < -0.39 is 0 Å². The van der Waals surface area contributed by atoms with Crippen molar-refractivity contribution >= 4 is 18.3 Å². The zero-order valence-electron chi connectivity index (χ0n) is 10.1. The van der Waals surface area contributed by atoms with Gasteiger partial charge >= 0.3 is 0 Å². The number of carbonyl (C=O) groups excluding carboxylic acids is 1. The summed E-state index contributed by atoms with van der Waals surface area (Å²) in [6.07, 6.45) is 6.15. The van der Waals surface area contributed by atoms with Gasteiger partial charge in [-0.15, -0.1) is 12.4 Å². The van der Waals surface area contributed by atoms with E-state index in [2.05, 4.69) is 17.6 Å². The van der Waals surface area contributed by atoms with E-state index >= 15 is 0 Å². The largest absolute Gasteiger partial charge is 0.355 e. The van der Waals surface area contributed by atoms with Crippen LogP contribution in [0.2, 0.25) is 0 Å². The number of hydrogen-bond donors (Lipinski definition) is 2. The molecule has 0 aromatic rings. The van der Waals surface area contributed by atoms with Crippen LogP contribution in [-0.2, 0) is 4.79 Å². The molecule has 2 N–H and O–H groups in total. The molecule has 1 amide bonds. The third-order valence-electron chi connectivity index (χ3n) is 4.23. The standard InChI is InChI=1S/C12H22N2O.ClH/c1-2-12(5-3-6-12)9-14-11(15)10-4-7-13-8-10;/h10,13H,2-9H2,1H3,(H,14,15);1H. The van der Waals surface area contributed by atoms with Gasteiger partial charge in [0.15, 0.2) is 0 Å². The minimum Gasteiger partial charge on any atom is -0.355 e. The summed E-state index contributed by atoms with van der Waals surface area (Å²) in [6, 6.07) is 0. The lowest BCUT2D eigenvalue weighted by molar-refractivity contribution is -0.125. The van der Waals surface area contributed by atoms with Crippen LogP contribution in [-0.4, -0.2) is 25.5 Å². The van der Waals surface area contributed by atoms with Gasteiger partial charge in [-0.1, -0.05) is 13.3 Å². The molecule has 0 aromatic heterocycles. The van der Waals surface area contributed by atoms with Crippen molar-refractivity contribution in [3.05, 3.63) is 0 Å².